The van der Waals surface area contributed by atoms with Crippen LogP contribution < -0.4 is 16.0 Å². The number of benzene rings is 1. The second-order valence-electron chi connectivity index (χ2n) is 7.85. The lowest BCUT2D eigenvalue weighted by molar-refractivity contribution is -0.124. The van der Waals surface area contributed by atoms with Crippen LogP contribution in [-0.4, -0.2) is 32.5 Å². The Morgan fingerprint density at radius 3 is 2.77 bits per heavy atom. The normalized spacial score (nSPS) is 18.2. The molecule has 3 heterocycles. The van der Waals surface area contributed by atoms with Gasteiger partial charge in [-0.05, 0) is 37.1 Å². The lowest BCUT2D eigenvalue weighted by Gasteiger charge is -2.16. The predicted molar refractivity (Wildman–Crippen MR) is 119 cm³/mol. The average Bonchev–Trinajstić information content (AvgIpc) is 3.44. The van der Waals surface area contributed by atoms with E-state index >= 15 is 0 Å². The third kappa shape index (κ3) is 4.11. The molecule has 2 aliphatic rings. The van der Waals surface area contributed by atoms with Crippen LogP contribution in [0.2, 0.25) is 5.02 Å². The maximum Gasteiger partial charge on any atom is 0.254 e. The molecule has 1 aromatic carbocycles. The smallest absolute Gasteiger partial charge is 0.254 e. The predicted octanol–water partition coefficient (Wildman–Crippen LogP) is 3.91. The largest absolute Gasteiger partial charge is 0.367 e. The number of carbonyl (C=O) groups excluding carboxylic acids is 2. The van der Waals surface area contributed by atoms with Crippen molar-refractivity contribution >= 4 is 52.5 Å². The number of hydrogen-bond donors (Lipinski definition) is 3. The van der Waals surface area contributed by atoms with Crippen molar-refractivity contribution in [2.24, 2.45) is 0 Å². The highest BCUT2D eigenvalue weighted by atomic mass is 35.5. The number of hydrogen-bond acceptors (Lipinski definition) is 6. The van der Waals surface area contributed by atoms with Crippen LogP contribution in [0.4, 0.5) is 17.3 Å². The summed E-state index contributed by atoms with van der Waals surface area (Å²) in [4.78, 5) is 28.3. The van der Waals surface area contributed by atoms with Crippen molar-refractivity contribution in [2.45, 2.75) is 38.1 Å². The molecule has 1 aliphatic carbocycles. The molecule has 1 aliphatic heterocycles. The van der Waals surface area contributed by atoms with Crippen molar-refractivity contribution in [1.82, 2.24) is 19.9 Å². The van der Waals surface area contributed by atoms with Gasteiger partial charge in [-0.2, -0.15) is 9.61 Å². The number of nitrogens with zero attached hydrogens (tertiary/aromatic N) is 3. The molecule has 0 radical (unpaired) electrons. The van der Waals surface area contributed by atoms with Crippen LogP contribution in [0.3, 0.4) is 0 Å². The molecule has 8 nitrogen and oxygen atoms in total. The Balaban J connectivity index is 1.57. The van der Waals surface area contributed by atoms with Gasteiger partial charge in [0.2, 0.25) is 5.91 Å². The SMILES string of the molecule is O=C1C/C(=C\c2cnn3c(NC4CCCC4)cc(Nc4cccc(Cl)c4)nc23)C(=O)N1. The first kappa shape index (κ1) is 19.6. The Morgan fingerprint density at radius 2 is 2.03 bits per heavy atom. The van der Waals surface area contributed by atoms with E-state index in [1.54, 1.807) is 16.8 Å². The monoisotopic (exact) mass is 436 g/mol. The maximum absolute atomic E-state index is 12.0. The molecule has 5 rings (SSSR count). The van der Waals surface area contributed by atoms with Gasteiger partial charge in [-0.15, -0.1) is 0 Å². The molecule has 3 aromatic rings. The summed E-state index contributed by atoms with van der Waals surface area (Å²) in [7, 11) is 0. The summed E-state index contributed by atoms with van der Waals surface area (Å²) in [5.74, 6) is 0.773. The Morgan fingerprint density at radius 1 is 1.19 bits per heavy atom. The van der Waals surface area contributed by atoms with Crippen molar-refractivity contribution in [1.29, 1.82) is 0 Å². The summed E-state index contributed by atoms with van der Waals surface area (Å²) in [5, 5.41) is 14.3. The first-order valence-corrected chi connectivity index (χ1v) is 10.7. The highest BCUT2D eigenvalue weighted by Crippen LogP contribution is 2.28. The first-order valence-electron chi connectivity index (χ1n) is 10.3. The van der Waals surface area contributed by atoms with Gasteiger partial charge in [-0.3, -0.25) is 14.9 Å². The van der Waals surface area contributed by atoms with E-state index in [0.29, 0.717) is 33.7 Å². The van der Waals surface area contributed by atoms with Crippen LogP contribution >= 0.6 is 11.6 Å². The zero-order valence-corrected chi connectivity index (χ0v) is 17.4. The minimum absolute atomic E-state index is 0.0593. The molecule has 0 unspecified atom stereocenters. The lowest BCUT2D eigenvalue weighted by Crippen LogP contribution is -2.19. The number of amides is 2. The molecule has 1 saturated carbocycles. The second kappa shape index (κ2) is 8.03. The van der Waals surface area contributed by atoms with Gasteiger partial charge in [-0.1, -0.05) is 30.5 Å². The summed E-state index contributed by atoms with van der Waals surface area (Å²) in [6.07, 6.45) is 8.04. The van der Waals surface area contributed by atoms with Crippen molar-refractivity contribution < 1.29 is 9.59 Å². The fraction of sp³-hybridized carbons (Fsp3) is 0.273. The van der Waals surface area contributed by atoms with Crippen molar-refractivity contribution in [2.75, 3.05) is 10.6 Å². The van der Waals surface area contributed by atoms with Gasteiger partial charge in [0.05, 0.1) is 12.6 Å². The van der Waals surface area contributed by atoms with E-state index in [1.807, 2.05) is 30.3 Å². The number of fused-ring (bicyclic) bond motifs is 1. The van der Waals surface area contributed by atoms with Gasteiger partial charge in [0.1, 0.15) is 11.6 Å². The van der Waals surface area contributed by atoms with Gasteiger partial charge in [0, 0.05) is 34.0 Å². The Bertz CT molecular complexity index is 1210. The topological polar surface area (TPSA) is 100 Å². The summed E-state index contributed by atoms with van der Waals surface area (Å²) < 4.78 is 1.74. The van der Waals surface area contributed by atoms with E-state index in [9.17, 15) is 9.59 Å². The first-order chi connectivity index (χ1) is 15.0. The van der Waals surface area contributed by atoms with Crippen molar-refractivity contribution in [3.63, 3.8) is 0 Å². The lowest BCUT2D eigenvalue weighted by atomic mass is 10.1. The molecule has 2 aromatic heterocycles. The van der Waals surface area contributed by atoms with E-state index in [0.717, 1.165) is 24.3 Å². The molecule has 1 saturated heterocycles. The molecule has 31 heavy (non-hydrogen) atoms. The minimum Gasteiger partial charge on any atom is -0.367 e. The molecule has 158 valence electrons. The minimum atomic E-state index is -0.373. The van der Waals surface area contributed by atoms with Crippen LogP contribution in [0.5, 0.6) is 0 Å². The third-order valence-corrected chi connectivity index (χ3v) is 5.76. The number of aromatic nitrogens is 3. The molecule has 2 amide bonds. The standard InChI is InChI=1S/C22H21ClN6O2/c23-15-4-3-7-17(10-15)25-18-11-19(26-16-5-1-2-6-16)29-21(27-18)14(12-24-29)8-13-9-20(30)28-22(13)31/h3-4,7-8,10-12,16,26H,1-2,5-6,9H2,(H,25,27)(H,28,30,31)/b13-8+. The molecule has 0 spiro atoms. The summed E-state index contributed by atoms with van der Waals surface area (Å²) in [5.41, 5.74) is 2.48. The molecule has 0 atom stereocenters. The highest BCUT2D eigenvalue weighted by molar-refractivity contribution is 6.30. The number of nitrogens with one attached hydrogen (secondary N) is 3. The molecular formula is C22H21ClN6O2. The highest BCUT2D eigenvalue weighted by Gasteiger charge is 2.25. The number of carbonyl (C=O) groups is 2. The van der Waals surface area contributed by atoms with Gasteiger partial charge < -0.3 is 10.6 Å². The zero-order valence-electron chi connectivity index (χ0n) is 16.7. The number of imide groups is 1. The Kier molecular flexibility index (Phi) is 5.07. The Labute approximate surface area is 183 Å². The quantitative estimate of drug-likeness (QED) is 0.414. The Hall–Kier alpha value is -3.39. The number of rotatable bonds is 5. The van der Waals surface area contributed by atoms with E-state index in [2.05, 4.69) is 21.0 Å². The average molecular weight is 437 g/mol. The summed E-state index contributed by atoms with van der Waals surface area (Å²) in [6.45, 7) is 0. The van der Waals surface area contributed by atoms with Crippen molar-refractivity contribution in [3.05, 3.63) is 52.7 Å². The maximum atomic E-state index is 12.0. The van der Waals surface area contributed by atoms with Gasteiger partial charge >= 0.3 is 0 Å². The van der Waals surface area contributed by atoms with Crippen LogP contribution in [0, 0.1) is 0 Å². The fourth-order valence-electron chi connectivity index (χ4n) is 4.05. The summed E-state index contributed by atoms with van der Waals surface area (Å²) in [6, 6.07) is 9.72. The van der Waals surface area contributed by atoms with Crippen LogP contribution in [0.15, 0.2) is 42.1 Å². The molecular weight excluding hydrogens is 416 g/mol. The molecule has 2 fully saturated rings. The third-order valence-electron chi connectivity index (χ3n) is 5.53. The molecule has 3 N–H and O–H groups in total. The van der Waals surface area contributed by atoms with Gasteiger partial charge in [-0.25, -0.2) is 4.98 Å². The van der Waals surface area contributed by atoms with Crippen molar-refractivity contribution in [3.8, 4) is 0 Å². The van der Waals surface area contributed by atoms with Gasteiger partial charge in [0.25, 0.3) is 5.91 Å². The molecule has 0 bridgehead atoms. The molecule has 9 heteroatoms. The fourth-order valence-corrected chi connectivity index (χ4v) is 4.24. The zero-order chi connectivity index (χ0) is 21.4. The van der Waals surface area contributed by atoms with E-state index < -0.39 is 0 Å². The number of anilines is 3. The van der Waals surface area contributed by atoms with Gasteiger partial charge in [0.15, 0.2) is 5.65 Å². The summed E-state index contributed by atoms with van der Waals surface area (Å²) >= 11 is 6.12. The van der Waals surface area contributed by atoms with E-state index in [1.165, 1.54) is 12.8 Å². The van der Waals surface area contributed by atoms with Crippen LogP contribution in [0.25, 0.3) is 11.7 Å². The number of halogens is 1. The van der Waals surface area contributed by atoms with Crippen LogP contribution in [0.1, 0.15) is 37.7 Å². The van der Waals surface area contributed by atoms with E-state index in [4.69, 9.17) is 16.6 Å². The van der Waals surface area contributed by atoms with Crippen LogP contribution in [-0.2, 0) is 9.59 Å². The van der Waals surface area contributed by atoms with E-state index in [-0.39, 0.29) is 18.2 Å². The second-order valence-corrected chi connectivity index (χ2v) is 8.28.